The van der Waals surface area contributed by atoms with Crippen molar-refractivity contribution in [2.24, 2.45) is 0 Å². The lowest BCUT2D eigenvalue weighted by molar-refractivity contribution is -0.142. The average Bonchev–Trinajstić information content (AvgIpc) is 2.72. The zero-order valence-corrected chi connectivity index (χ0v) is 17.0. The number of hydrogen-bond donors (Lipinski definition) is 0. The average molecular weight is 464 g/mol. The molecule has 1 aliphatic carbocycles. The van der Waals surface area contributed by atoms with Gasteiger partial charge in [0.05, 0.1) is 6.61 Å². The van der Waals surface area contributed by atoms with E-state index < -0.39 is 41.0 Å². The van der Waals surface area contributed by atoms with Crippen molar-refractivity contribution in [1.29, 1.82) is 0 Å². The van der Waals surface area contributed by atoms with Crippen LogP contribution in [-0.2, 0) is 10.9 Å². The predicted octanol–water partition coefficient (Wildman–Crippen LogP) is 8.17. The molecule has 0 spiro atoms. The topological polar surface area (TPSA) is 9.23 Å². The molecule has 0 N–H and O–H groups in total. The van der Waals surface area contributed by atoms with Gasteiger partial charge in [0.25, 0.3) is 0 Å². The highest BCUT2D eigenvalue weighted by Crippen LogP contribution is 2.43. The molecule has 0 amide bonds. The molecule has 1 nitrogen and oxygen atoms in total. The number of benzene rings is 2. The third-order valence-electron chi connectivity index (χ3n) is 5.68. The van der Waals surface area contributed by atoms with Crippen LogP contribution in [0.2, 0.25) is 0 Å². The Bertz CT molecular complexity index is 981. The molecule has 0 aliphatic heterocycles. The molecule has 0 saturated heterocycles. The highest BCUT2D eigenvalue weighted by Gasteiger charge is 2.38. The van der Waals surface area contributed by atoms with Crippen LogP contribution in [0.5, 0.6) is 0 Å². The minimum absolute atomic E-state index is 0.0875. The van der Waals surface area contributed by atoms with Crippen molar-refractivity contribution in [1.82, 2.24) is 0 Å². The quantitative estimate of drug-likeness (QED) is 0.320. The Morgan fingerprint density at radius 2 is 1.44 bits per heavy atom. The van der Waals surface area contributed by atoms with Gasteiger partial charge >= 0.3 is 12.2 Å². The zero-order chi connectivity index (χ0) is 23.6. The van der Waals surface area contributed by atoms with Crippen LogP contribution < -0.4 is 0 Å². The normalized spacial score (nSPS) is 20.2. The minimum atomic E-state index is -5.13. The second kappa shape index (κ2) is 9.50. The molecule has 1 fully saturated rings. The summed E-state index contributed by atoms with van der Waals surface area (Å²) in [6.45, 7) is 1.39. The first-order valence-corrected chi connectivity index (χ1v) is 10.1. The molecule has 0 unspecified atom stereocenters. The molecule has 32 heavy (non-hydrogen) atoms. The first-order valence-electron chi connectivity index (χ1n) is 10.1. The van der Waals surface area contributed by atoms with Gasteiger partial charge < -0.3 is 4.74 Å². The molecule has 1 aliphatic rings. The Morgan fingerprint density at radius 3 is 1.94 bits per heavy atom. The van der Waals surface area contributed by atoms with E-state index >= 15 is 0 Å². The van der Waals surface area contributed by atoms with Crippen molar-refractivity contribution >= 4 is 5.83 Å². The minimum Gasteiger partial charge on any atom is -0.469 e. The standard InChI is InChI=1S/C23H20F8O/c1-2-32-22(28)21(27)14-7-8-16(17(24)9-14)13-5-3-12(4-6-13)15-10-18(25)20(19(26)11-15)23(29,30)31/h7-13H,2-6H2,1H3/b22-21-. The second-order valence-corrected chi connectivity index (χ2v) is 7.66. The number of halogens is 8. The number of alkyl halides is 3. The van der Waals surface area contributed by atoms with Gasteiger partial charge in [0.2, 0.25) is 5.83 Å². The highest BCUT2D eigenvalue weighted by molar-refractivity contribution is 5.60. The van der Waals surface area contributed by atoms with Gasteiger partial charge in [0.1, 0.15) is 23.0 Å². The predicted molar refractivity (Wildman–Crippen MR) is 102 cm³/mol. The summed E-state index contributed by atoms with van der Waals surface area (Å²) < 4.78 is 112. The fraction of sp³-hybridized carbons (Fsp3) is 0.391. The van der Waals surface area contributed by atoms with E-state index in [4.69, 9.17) is 0 Å². The molecule has 3 rings (SSSR count). The van der Waals surface area contributed by atoms with E-state index in [1.807, 2.05) is 0 Å². The van der Waals surface area contributed by atoms with Gasteiger partial charge in [-0.1, -0.05) is 12.1 Å². The SMILES string of the molecule is CCO/C(F)=C(\F)c1ccc(C2CCC(c3cc(F)c(C(F)(F)F)c(F)c3)CC2)c(F)c1. The summed E-state index contributed by atoms with van der Waals surface area (Å²) in [6, 6.07) is 3.43. The summed E-state index contributed by atoms with van der Waals surface area (Å²) >= 11 is 0. The molecule has 2 aromatic carbocycles. The van der Waals surface area contributed by atoms with Crippen LogP contribution in [-0.4, -0.2) is 6.61 Å². The van der Waals surface area contributed by atoms with Gasteiger partial charge in [0, 0.05) is 5.56 Å². The van der Waals surface area contributed by atoms with Crippen LogP contribution >= 0.6 is 0 Å². The summed E-state index contributed by atoms with van der Waals surface area (Å²) in [5, 5.41) is 0. The van der Waals surface area contributed by atoms with Crippen LogP contribution in [0, 0.1) is 17.5 Å². The summed E-state index contributed by atoms with van der Waals surface area (Å²) in [6.07, 6.45) is -3.55. The molecule has 0 aromatic heterocycles. The monoisotopic (exact) mass is 464 g/mol. The van der Waals surface area contributed by atoms with E-state index in [2.05, 4.69) is 4.74 Å². The van der Waals surface area contributed by atoms with Gasteiger partial charge in [-0.15, -0.1) is 0 Å². The van der Waals surface area contributed by atoms with Crippen molar-refractivity contribution in [3.63, 3.8) is 0 Å². The smallest absolute Gasteiger partial charge is 0.422 e. The van der Waals surface area contributed by atoms with Crippen molar-refractivity contribution in [2.45, 2.75) is 50.6 Å². The van der Waals surface area contributed by atoms with E-state index in [1.54, 1.807) is 0 Å². The second-order valence-electron chi connectivity index (χ2n) is 7.66. The molecule has 0 radical (unpaired) electrons. The van der Waals surface area contributed by atoms with Crippen molar-refractivity contribution in [3.05, 3.63) is 76.1 Å². The van der Waals surface area contributed by atoms with Crippen molar-refractivity contribution in [3.8, 4) is 0 Å². The molecule has 1 saturated carbocycles. The van der Waals surface area contributed by atoms with E-state index in [0.29, 0.717) is 43.4 Å². The van der Waals surface area contributed by atoms with E-state index in [-0.39, 0.29) is 29.6 Å². The Kier molecular flexibility index (Phi) is 7.15. The maximum Gasteiger partial charge on any atom is 0.422 e. The van der Waals surface area contributed by atoms with Crippen LogP contribution in [0.4, 0.5) is 35.1 Å². The van der Waals surface area contributed by atoms with E-state index in [9.17, 15) is 35.1 Å². The Labute approximate surface area is 179 Å². The van der Waals surface area contributed by atoms with Crippen LogP contribution in [0.1, 0.15) is 66.7 Å². The maximum absolute atomic E-state index is 14.6. The molecule has 0 bridgehead atoms. The Hall–Kier alpha value is -2.58. The Balaban J connectivity index is 1.73. The Morgan fingerprint density at radius 1 is 0.875 bits per heavy atom. The molecule has 2 aromatic rings. The number of rotatable bonds is 5. The molecule has 9 heteroatoms. The summed E-state index contributed by atoms with van der Waals surface area (Å²) in [4.78, 5) is 0. The number of ether oxygens (including phenoxy) is 1. The highest BCUT2D eigenvalue weighted by atomic mass is 19.4. The fourth-order valence-corrected chi connectivity index (χ4v) is 4.14. The maximum atomic E-state index is 14.6. The third kappa shape index (κ3) is 5.07. The zero-order valence-electron chi connectivity index (χ0n) is 17.0. The summed E-state index contributed by atoms with van der Waals surface area (Å²) in [7, 11) is 0. The summed E-state index contributed by atoms with van der Waals surface area (Å²) in [5.74, 6) is -6.01. The number of hydrogen-bond acceptors (Lipinski definition) is 1. The fourth-order valence-electron chi connectivity index (χ4n) is 4.14. The first kappa shape index (κ1) is 24.1. The molecular formula is C23H20F8O. The van der Waals surface area contributed by atoms with E-state index in [1.165, 1.54) is 19.1 Å². The molecule has 0 atom stereocenters. The van der Waals surface area contributed by atoms with Gasteiger partial charge in [-0.2, -0.15) is 22.0 Å². The van der Waals surface area contributed by atoms with Crippen molar-refractivity contribution < 1.29 is 39.9 Å². The van der Waals surface area contributed by atoms with Gasteiger partial charge in [-0.3, -0.25) is 0 Å². The van der Waals surface area contributed by atoms with Gasteiger partial charge in [0.15, 0.2) is 0 Å². The van der Waals surface area contributed by atoms with Crippen LogP contribution in [0.15, 0.2) is 36.3 Å². The third-order valence-corrected chi connectivity index (χ3v) is 5.68. The van der Waals surface area contributed by atoms with Crippen LogP contribution in [0.3, 0.4) is 0 Å². The lowest BCUT2D eigenvalue weighted by Gasteiger charge is -2.29. The van der Waals surface area contributed by atoms with Gasteiger partial charge in [-0.25, -0.2) is 13.2 Å². The van der Waals surface area contributed by atoms with Crippen molar-refractivity contribution in [2.75, 3.05) is 6.61 Å². The first-order chi connectivity index (χ1) is 15.0. The lowest BCUT2D eigenvalue weighted by Crippen LogP contribution is -2.16. The largest absolute Gasteiger partial charge is 0.469 e. The molecular weight excluding hydrogens is 444 g/mol. The van der Waals surface area contributed by atoms with Gasteiger partial charge in [-0.05, 0) is 73.8 Å². The molecule has 174 valence electrons. The van der Waals surface area contributed by atoms with Crippen LogP contribution in [0.25, 0.3) is 5.83 Å². The summed E-state index contributed by atoms with van der Waals surface area (Å²) in [5.41, 5.74) is -1.80. The molecule has 0 heterocycles. The van der Waals surface area contributed by atoms with E-state index in [0.717, 1.165) is 6.07 Å². The lowest BCUT2D eigenvalue weighted by atomic mass is 9.76.